The molecule has 0 aromatic heterocycles. The number of nitrogens with zero attached hydrogens (tertiary/aromatic N) is 1. The monoisotopic (exact) mass is 457 g/mol. The molecule has 180 valence electrons. The average Bonchev–Trinajstić information content (AvgIpc) is 2.84. The first-order valence-corrected chi connectivity index (χ1v) is 11.4. The lowest BCUT2D eigenvalue weighted by Crippen LogP contribution is -2.47. The molecule has 1 aliphatic rings. The first kappa shape index (κ1) is 24.7. The Morgan fingerprint density at radius 2 is 1.79 bits per heavy atom. The molecule has 33 heavy (non-hydrogen) atoms. The third kappa shape index (κ3) is 5.89. The van der Waals surface area contributed by atoms with Crippen LogP contribution in [0.4, 0.5) is 0 Å². The minimum atomic E-state index is -0.237. The van der Waals surface area contributed by atoms with Crippen LogP contribution in [-0.4, -0.2) is 64.4 Å². The number of likely N-dealkylation sites (tertiary alicyclic amines) is 1. The molecule has 1 aliphatic heterocycles. The van der Waals surface area contributed by atoms with E-state index in [2.05, 4.69) is 17.1 Å². The van der Waals surface area contributed by atoms with E-state index in [1.54, 1.807) is 6.07 Å². The fourth-order valence-electron chi connectivity index (χ4n) is 4.17. The van der Waals surface area contributed by atoms with E-state index in [1.165, 1.54) is 21.3 Å². The maximum atomic E-state index is 13.3. The zero-order chi connectivity index (χ0) is 23.8. The molecule has 0 aliphatic carbocycles. The number of nitrogens with one attached hydrogen (secondary N) is 1. The van der Waals surface area contributed by atoms with Crippen LogP contribution in [-0.2, 0) is 6.42 Å². The van der Waals surface area contributed by atoms with Crippen molar-refractivity contribution in [3.8, 4) is 28.7 Å². The maximum Gasteiger partial charge on any atom is 0.255 e. The van der Waals surface area contributed by atoms with Crippen molar-refractivity contribution in [3.05, 3.63) is 41.5 Å². The lowest BCUT2D eigenvalue weighted by molar-refractivity contribution is 0.0901. The van der Waals surface area contributed by atoms with Crippen LogP contribution in [0.15, 0.2) is 30.3 Å². The van der Waals surface area contributed by atoms with Crippen molar-refractivity contribution in [1.82, 2.24) is 10.2 Å². The van der Waals surface area contributed by atoms with Gasteiger partial charge in [-0.2, -0.15) is 0 Å². The first-order chi connectivity index (χ1) is 16.0. The SMILES string of the molecule is CCN1CCCC(NC(=O)c2cc(Oc3ccc(CCN)cc3)c(OC)c(OC)c2OC)C1. The summed E-state index contributed by atoms with van der Waals surface area (Å²) in [5.74, 6) is 1.71. The summed E-state index contributed by atoms with van der Waals surface area (Å²) in [5, 5.41) is 3.15. The number of hydrogen-bond donors (Lipinski definition) is 2. The molecule has 2 aromatic rings. The molecule has 1 unspecified atom stereocenters. The van der Waals surface area contributed by atoms with Crippen molar-refractivity contribution in [2.45, 2.75) is 32.2 Å². The third-order valence-corrected chi connectivity index (χ3v) is 5.89. The summed E-state index contributed by atoms with van der Waals surface area (Å²) >= 11 is 0. The van der Waals surface area contributed by atoms with E-state index in [0.29, 0.717) is 40.9 Å². The van der Waals surface area contributed by atoms with Gasteiger partial charge < -0.3 is 34.9 Å². The Hall–Kier alpha value is -2.97. The fourth-order valence-corrected chi connectivity index (χ4v) is 4.17. The van der Waals surface area contributed by atoms with Gasteiger partial charge in [0.25, 0.3) is 5.91 Å². The molecule has 8 heteroatoms. The molecule has 1 atom stereocenters. The van der Waals surface area contributed by atoms with Crippen LogP contribution in [0.25, 0.3) is 0 Å². The Morgan fingerprint density at radius 3 is 2.39 bits per heavy atom. The number of amides is 1. The average molecular weight is 458 g/mol. The smallest absolute Gasteiger partial charge is 0.255 e. The highest BCUT2D eigenvalue weighted by Gasteiger charge is 2.28. The lowest BCUT2D eigenvalue weighted by Gasteiger charge is -2.32. The second-order valence-corrected chi connectivity index (χ2v) is 8.01. The van der Waals surface area contributed by atoms with Crippen molar-refractivity contribution in [2.24, 2.45) is 5.73 Å². The van der Waals surface area contributed by atoms with E-state index in [0.717, 1.165) is 44.5 Å². The molecule has 0 saturated carbocycles. The predicted octanol–water partition coefficient (Wildman–Crippen LogP) is 3.22. The van der Waals surface area contributed by atoms with Gasteiger partial charge in [-0.3, -0.25) is 4.79 Å². The summed E-state index contributed by atoms with van der Waals surface area (Å²) in [4.78, 5) is 15.6. The highest BCUT2D eigenvalue weighted by molar-refractivity contribution is 5.99. The predicted molar refractivity (Wildman–Crippen MR) is 128 cm³/mol. The lowest BCUT2D eigenvalue weighted by atomic mass is 10.0. The van der Waals surface area contributed by atoms with Gasteiger partial charge in [-0.05, 0) is 56.6 Å². The molecular formula is C25H35N3O5. The number of piperidine rings is 1. The minimum Gasteiger partial charge on any atom is -0.492 e. The Labute approximate surface area is 195 Å². The Bertz CT molecular complexity index is 933. The molecule has 1 heterocycles. The summed E-state index contributed by atoms with van der Waals surface area (Å²) in [7, 11) is 4.54. The minimum absolute atomic E-state index is 0.0726. The first-order valence-electron chi connectivity index (χ1n) is 11.4. The number of carbonyl (C=O) groups excluding carboxylic acids is 1. The number of methoxy groups -OCH3 is 3. The van der Waals surface area contributed by atoms with Crippen molar-refractivity contribution in [3.63, 3.8) is 0 Å². The largest absolute Gasteiger partial charge is 0.492 e. The van der Waals surface area contributed by atoms with Gasteiger partial charge >= 0.3 is 0 Å². The zero-order valence-electron chi connectivity index (χ0n) is 20.0. The normalized spacial score (nSPS) is 16.2. The topological polar surface area (TPSA) is 95.3 Å². The second-order valence-electron chi connectivity index (χ2n) is 8.01. The Balaban J connectivity index is 1.93. The molecule has 3 N–H and O–H groups in total. The van der Waals surface area contributed by atoms with Gasteiger partial charge in [-0.25, -0.2) is 0 Å². The van der Waals surface area contributed by atoms with Gasteiger partial charge in [0.2, 0.25) is 11.5 Å². The van der Waals surface area contributed by atoms with Gasteiger partial charge in [0.15, 0.2) is 11.5 Å². The van der Waals surface area contributed by atoms with E-state index in [-0.39, 0.29) is 11.9 Å². The van der Waals surface area contributed by atoms with Crippen LogP contribution in [0, 0.1) is 0 Å². The number of nitrogens with two attached hydrogens (primary N) is 1. The molecule has 1 amide bonds. The van der Waals surface area contributed by atoms with Crippen LogP contribution in [0.3, 0.4) is 0 Å². The summed E-state index contributed by atoms with van der Waals surface area (Å²) in [6, 6.07) is 9.37. The highest BCUT2D eigenvalue weighted by atomic mass is 16.5. The van der Waals surface area contributed by atoms with Gasteiger partial charge in [-0.15, -0.1) is 0 Å². The van der Waals surface area contributed by atoms with Crippen molar-refractivity contribution in [1.29, 1.82) is 0 Å². The summed E-state index contributed by atoms with van der Waals surface area (Å²) in [6.45, 7) is 5.57. The van der Waals surface area contributed by atoms with Gasteiger partial charge in [-0.1, -0.05) is 19.1 Å². The van der Waals surface area contributed by atoms with Crippen LogP contribution in [0.2, 0.25) is 0 Å². The van der Waals surface area contributed by atoms with E-state index in [1.807, 2.05) is 24.3 Å². The molecule has 8 nitrogen and oxygen atoms in total. The number of ether oxygens (including phenoxy) is 4. The number of rotatable bonds is 10. The standard InChI is InChI=1S/C25H35N3O5/c1-5-28-14-6-7-18(16-28)27-25(29)20-15-21(23(31-3)24(32-4)22(20)30-2)33-19-10-8-17(9-11-19)12-13-26/h8-11,15,18H,5-7,12-14,16,26H2,1-4H3,(H,27,29). The van der Waals surface area contributed by atoms with Crippen LogP contribution in [0.5, 0.6) is 28.7 Å². The van der Waals surface area contributed by atoms with Gasteiger partial charge in [0, 0.05) is 18.7 Å². The molecule has 0 bridgehead atoms. The Morgan fingerprint density at radius 1 is 1.09 bits per heavy atom. The number of likely N-dealkylation sites (N-methyl/N-ethyl adjacent to an activating group) is 1. The van der Waals surface area contributed by atoms with Crippen LogP contribution in [0.1, 0.15) is 35.7 Å². The highest BCUT2D eigenvalue weighted by Crippen LogP contribution is 2.48. The molecule has 1 fully saturated rings. The number of carbonyl (C=O) groups is 1. The van der Waals surface area contributed by atoms with Gasteiger partial charge in [0.05, 0.1) is 26.9 Å². The number of benzene rings is 2. The third-order valence-electron chi connectivity index (χ3n) is 5.89. The molecule has 0 spiro atoms. The summed E-state index contributed by atoms with van der Waals surface area (Å²) in [5.41, 5.74) is 7.09. The Kier molecular flexibility index (Phi) is 8.79. The second kappa shape index (κ2) is 11.8. The molecule has 1 saturated heterocycles. The van der Waals surface area contributed by atoms with Crippen LogP contribution >= 0.6 is 0 Å². The fraction of sp³-hybridized carbons (Fsp3) is 0.480. The zero-order valence-corrected chi connectivity index (χ0v) is 20.0. The quantitative estimate of drug-likeness (QED) is 0.566. The number of hydrogen-bond acceptors (Lipinski definition) is 7. The van der Waals surface area contributed by atoms with Crippen molar-refractivity contribution >= 4 is 5.91 Å². The van der Waals surface area contributed by atoms with Crippen molar-refractivity contribution in [2.75, 3.05) is 47.5 Å². The van der Waals surface area contributed by atoms with E-state index >= 15 is 0 Å². The van der Waals surface area contributed by atoms with Crippen LogP contribution < -0.4 is 30.0 Å². The maximum absolute atomic E-state index is 13.3. The van der Waals surface area contributed by atoms with Crippen molar-refractivity contribution < 1.29 is 23.7 Å². The molecule has 3 rings (SSSR count). The van der Waals surface area contributed by atoms with E-state index in [4.69, 9.17) is 24.7 Å². The molecule has 2 aromatic carbocycles. The summed E-state index contributed by atoms with van der Waals surface area (Å²) < 4.78 is 22.8. The molecule has 0 radical (unpaired) electrons. The van der Waals surface area contributed by atoms with E-state index in [9.17, 15) is 4.79 Å². The molecular weight excluding hydrogens is 422 g/mol. The summed E-state index contributed by atoms with van der Waals surface area (Å²) in [6.07, 6.45) is 2.79. The van der Waals surface area contributed by atoms with E-state index < -0.39 is 0 Å². The van der Waals surface area contributed by atoms with Gasteiger partial charge in [0.1, 0.15) is 5.75 Å².